The molecule has 5 rings (SSSR count). The van der Waals surface area contributed by atoms with Gasteiger partial charge in [0.05, 0.1) is 18.3 Å². The second-order valence-electron chi connectivity index (χ2n) is 11.9. The fourth-order valence-corrected chi connectivity index (χ4v) is 9.41. The third kappa shape index (κ3) is 5.08. The first kappa shape index (κ1) is 30.7. The molecular weight excluding hydrogens is 564 g/mol. The van der Waals surface area contributed by atoms with Crippen molar-refractivity contribution in [3.05, 3.63) is 59.7 Å². The van der Waals surface area contributed by atoms with E-state index >= 15 is 0 Å². The van der Waals surface area contributed by atoms with Crippen molar-refractivity contribution in [2.75, 3.05) is 16.8 Å². The van der Waals surface area contributed by atoms with Gasteiger partial charge in [-0.2, -0.15) is 0 Å². The first-order chi connectivity index (χ1) is 19.8. The number of ether oxygens (including phenoxy) is 2. The van der Waals surface area contributed by atoms with Gasteiger partial charge >= 0.3 is 0 Å². The zero-order valence-corrected chi connectivity index (χ0v) is 24.6. The van der Waals surface area contributed by atoms with Crippen LogP contribution in [0, 0.1) is 5.92 Å². The quantitative estimate of drug-likeness (QED) is 0.215. The van der Waals surface area contributed by atoms with E-state index in [-0.39, 0.29) is 30.5 Å². The van der Waals surface area contributed by atoms with Crippen LogP contribution in [0.3, 0.4) is 0 Å². The van der Waals surface area contributed by atoms with Crippen molar-refractivity contribution in [1.29, 1.82) is 0 Å². The van der Waals surface area contributed by atoms with Crippen LogP contribution in [-0.4, -0.2) is 93.9 Å². The topological polar surface area (TPSA) is 189 Å². The Morgan fingerprint density at radius 2 is 1.76 bits per heavy atom. The maximum Gasteiger partial charge on any atom is 0.264 e. The molecule has 42 heavy (non-hydrogen) atoms. The summed E-state index contributed by atoms with van der Waals surface area (Å²) in [4.78, 5) is 39.9. The lowest BCUT2D eigenvalue weighted by Gasteiger charge is -2.37. The van der Waals surface area contributed by atoms with Crippen molar-refractivity contribution in [3.8, 4) is 0 Å². The minimum Gasteiger partial charge on any atom is -0.432 e. The number of fused-ring (bicyclic) bond motifs is 2. The minimum absolute atomic E-state index is 0.131. The number of benzene rings is 2. The molecule has 7 N–H and O–H groups in total. The van der Waals surface area contributed by atoms with Gasteiger partial charge in [-0.1, -0.05) is 37.3 Å². The first-order valence-corrected chi connectivity index (χ1v) is 17.0. The van der Waals surface area contributed by atoms with Crippen LogP contribution in [0.4, 0.5) is 11.4 Å². The van der Waals surface area contributed by atoms with Crippen molar-refractivity contribution in [2.45, 2.75) is 80.9 Å². The number of nitrogens with one attached hydrogen (secondary N) is 1. The molecule has 3 aliphatic rings. The summed E-state index contributed by atoms with van der Waals surface area (Å²) in [6, 6.07) is 14.1. The highest BCUT2D eigenvalue weighted by Crippen LogP contribution is 2.59. The molecule has 2 aromatic carbocycles. The highest BCUT2D eigenvalue weighted by molar-refractivity contribution is 6.71. The van der Waals surface area contributed by atoms with Gasteiger partial charge in [0, 0.05) is 29.3 Å². The van der Waals surface area contributed by atoms with Crippen molar-refractivity contribution in [2.24, 2.45) is 5.92 Å². The number of carbonyl (C=O) groups is 2. The number of anilines is 2. The summed E-state index contributed by atoms with van der Waals surface area (Å²) in [6.45, 7) is 5.58. The Morgan fingerprint density at radius 3 is 2.45 bits per heavy atom. The number of nitrogens with zero attached hydrogens (tertiary/aromatic N) is 1. The molecule has 2 aromatic rings. The van der Waals surface area contributed by atoms with Gasteiger partial charge in [0.25, 0.3) is 11.8 Å². The van der Waals surface area contributed by atoms with Crippen molar-refractivity contribution < 1.29 is 49.4 Å². The lowest BCUT2D eigenvalue weighted by molar-refractivity contribution is -0.274. The van der Waals surface area contributed by atoms with Crippen molar-refractivity contribution in [3.63, 3.8) is 0 Å². The molecule has 0 unspecified atom stereocenters. The molecule has 3 heterocycles. The van der Waals surface area contributed by atoms with Gasteiger partial charge in [-0.25, -0.2) is 0 Å². The summed E-state index contributed by atoms with van der Waals surface area (Å²) in [6.07, 6.45) is -8.97. The Hall–Kier alpha value is -2.72. The number of aliphatic hydroxyl groups excluding tert-OH is 5. The summed E-state index contributed by atoms with van der Waals surface area (Å²) in [7, 11) is -2.80. The monoisotopic (exact) mass is 602 g/mol. The Balaban J connectivity index is 1.40. The van der Waals surface area contributed by atoms with Crippen LogP contribution in [0.5, 0.6) is 0 Å². The van der Waals surface area contributed by atoms with E-state index in [0.717, 1.165) is 0 Å². The summed E-state index contributed by atoms with van der Waals surface area (Å²) >= 11 is 0. The molecule has 0 aromatic heterocycles. The van der Waals surface area contributed by atoms with Gasteiger partial charge in [0.1, 0.15) is 18.3 Å². The average Bonchev–Trinajstić information content (AvgIpc) is 3.36. The van der Waals surface area contributed by atoms with E-state index in [1.165, 1.54) is 0 Å². The standard InChI is InChI=1S/C29H38N2O10Si/c1-15-25(42(2,3)39)20(11-12-32)41-29(15)18-9-4-5-10-19(18)31(28(29)38)14-16-7-6-8-17(13-16)30-26(36)24-22(34)21(33)23(35)27(37)40-24/h4-10,13,15,20-25,27,32-35,37,39H,11-12,14H2,1-3H3,(H,30,36)/t15-,20+,21+,22+,23-,24+,25-,27-,29+/m1/s1. The summed E-state index contributed by atoms with van der Waals surface area (Å²) < 4.78 is 11.6. The normalized spacial score (nSPS) is 34.6. The smallest absolute Gasteiger partial charge is 0.264 e. The zero-order valence-electron chi connectivity index (χ0n) is 23.6. The van der Waals surface area contributed by atoms with Gasteiger partial charge in [0.2, 0.25) is 0 Å². The van der Waals surface area contributed by atoms with Crippen LogP contribution in [-0.2, 0) is 31.2 Å². The Kier molecular flexibility index (Phi) is 8.35. The summed E-state index contributed by atoms with van der Waals surface area (Å²) in [5.41, 5.74) is 0.763. The fraction of sp³-hybridized carbons (Fsp3) is 0.517. The van der Waals surface area contributed by atoms with E-state index in [2.05, 4.69) is 5.32 Å². The SMILES string of the molecule is C[C@@H]1[C@@H]([Si](C)(C)O)[C@H](CCO)O[C@@]12C(=O)N(Cc1cccc(NC(=O)[C@H]3O[C@@H](O)[C@H](O)[C@@H](O)[C@@H]3O)c1)c1ccccc12. The molecule has 0 aliphatic carbocycles. The molecule has 1 spiro atoms. The average molecular weight is 603 g/mol. The van der Waals surface area contributed by atoms with Crippen LogP contribution in [0.25, 0.3) is 0 Å². The molecule has 2 fully saturated rings. The number of carbonyl (C=O) groups excluding carboxylic acids is 2. The third-order valence-corrected chi connectivity index (χ3v) is 11.2. The molecule has 3 aliphatic heterocycles. The van der Waals surface area contributed by atoms with Crippen molar-refractivity contribution in [1.82, 2.24) is 0 Å². The fourth-order valence-electron chi connectivity index (χ4n) is 6.81. The maximum absolute atomic E-state index is 14.3. The molecule has 13 heteroatoms. The Labute approximate surface area is 244 Å². The van der Waals surface area contributed by atoms with Gasteiger partial charge in [-0.05, 0) is 43.3 Å². The van der Waals surface area contributed by atoms with E-state index in [1.54, 1.807) is 29.2 Å². The number of hydrogen-bond acceptors (Lipinski definition) is 10. The molecule has 2 saturated heterocycles. The predicted molar refractivity (Wildman–Crippen MR) is 152 cm³/mol. The predicted octanol–water partition coefficient (Wildman–Crippen LogP) is 0.152. The van der Waals surface area contributed by atoms with Crippen LogP contribution >= 0.6 is 0 Å². The van der Waals surface area contributed by atoms with Crippen LogP contribution in [0.2, 0.25) is 18.6 Å². The number of para-hydroxylation sites is 1. The lowest BCUT2D eigenvalue weighted by Crippen LogP contribution is -2.60. The van der Waals surface area contributed by atoms with E-state index in [4.69, 9.17) is 9.47 Å². The maximum atomic E-state index is 14.3. The third-order valence-electron chi connectivity index (χ3n) is 8.69. The highest BCUT2D eigenvalue weighted by atomic mass is 28.4. The molecule has 0 bridgehead atoms. The van der Waals surface area contributed by atoms with E-state index in [0.29, 0.717) is 28.9 Å². The number of aliphatic hydroxyl groups is 5. The number of amides is 2. The Morgan fingerprint density at radius 1 is 1.05 bits per heavy atom. The van der Waals surface area contributed by atoms with Gasteiger partial charge in [-0.15, -0.1) is 0 Å². The summed E-state index contributed by atoms with van der Waals surface area (Å²) in [5, 5.41) is 51.9. The zero-order chi connectivity index (χ0) is 30.6. The molecule has 228 valence electrons. The van der Waals surface area contributed by atoms with Gasteiger partial charge in [-0.3, -0.25) is 9.59 Å². The highest BCUT2D eigenvalue weighted by Gasteiger charge is 2.66. The molecular formula is C29H38N2O10Si. The van der Waals surface area contributed by atoms with E-state index in [9.17, 15) is 39.9 Å². The van der Waals surface area contributed by atoms with Gasteiger partial charge in [0.15, 0.2) is 26.3 Å². The second kappa shape index (κ2) is 11.4. The number of rotatable bonds is 7. The molecule has 9 atom stereocenters. The molecule has 0 radical (unpaired) electrons. The van der Waals surface area contributed by atoms with Crippen LogP contribution in [0.15, 0.2) is 48.5 Å². The molecule has 12 nitrogen and oxygen atoms in total. The van der Waals surface area contributed by atoms with Gasteiger partial charge < -0.3 is 50.0 Å². The minimum atomic E-state index is -2.80. The second-order valence-corrected chi connectivity index (χ2v) is 15.9. The van der Waals surface area contributed by atoms with Crippen LogP contribution < -0.4 is 10.2 Å². The molecule has 2 amide bonds. The molecule has 0 saturated carbocycles. The van der Waals surface area contributed by atoms with E-state index < -0.39 is 56.6 Å². The lowest BCUT2D eigenvalue weighted by atomic mass is 9.82. The summed E-state index contributed by atoms with van der Waals surface area (Å²) in [5.74, 6) is -1.46. The number of hydrogen-bond donors (Lipinski definition) is 7. The van der Waals surface area contributed by atoms with Crippen LogP contribution in [0.1, 0.15) is 24.5 Å². The largest absolute Gasteiger partial charge is 0.432 e. The van der Waals surface area contributed by atoms with Crippen molar-refractivity contribution >= 4 is 31.5 Å². The van der Waals surface area contributed by atoms with E-state index in [1.807, 2.05) is 44.3 Å². The first-order valence-electron chi connectivity index (χ1n) is 14.0. The Bertz CT molecular complexity index is 1340.